The summed E-state index contributed by atoms with van der Waals surface area (Å²) in [6.45, 7) is 1.69. The minimum Gasteiger partial charge on any atom is -0.464 e. The molecule has 0 aliphatic heterocycles. The molecule has 64 heavy (non-hydrogen) atoms. The number of imidazole rings is 2. The van der Waals surface area contributed by atoms with Gasteiger partial charge in [-0.1, -0.05) is 0 Å². The molecule has 0 bridgehead atoms. The van der Waals surface area contributed by atoms with E-state index in [0.29, 0.717) is 32.1 Å². The third-order valence-electron chi connectivity index (χ3n) is 8.70. The summed E-state index contributed by atoms with van der Waals surface area (Å²) in [5.41, 5.74) is 6.20. The van der Waals surface area contributed by atoms with Gasteiger partial charge in [0, 0.05) is 85.5 Å². The van der Waals surface area contributed by atoms with E-state index in [1.165, 1.54) is 62.3 Å². The molecule has 0 saturated carbocycles. The van der Waals surface area contributed by atoms with E-state index in [0.717, 1.165) is 0 Å². The molecule has 0 unspecified atom stereocenters. The predicted octanol–water partition coefficient (Wildman–Crippen LogP) is -1.14. The standard InChI is InChI=1S/C38H53N15O11/c1-50-18-23(16-25(50)34(57)42-9-7-30(55)47-28-21-53(4)33(49-28)36(59)45-24-17-26(37(60)61-5)51(2)19-24)44-35(58)32-48-27(20-52(32)3)46-29(54)6-8-41-31(56)22-64-15-14-63-13-12-62-11-10-43-38(39)40/h16-21H,6-15,22H2,1-5H3,(H,41,56)(H,42,57)(H,44,58)(H,45,59)(H,46,54)(H,47,55)(H4,39,40,43). The molecule has 4 heterocycles. The molecule has 0 spiro atoms. The van der Waals surface area contributed by atoms with Crippen molar-refractivity contribution in [2.24, 2.45) is 33.9 Å². The highest BCUT2D eigenvalue weighted by molar-refractivity contribution is 6.04. The largest absolute Gasteiger partial charge is 0.464 e. The summed E-state index contributed by atoms with van der Waals surface area (Å²) in [7, 11) is 7.60. The minimum atomic E-state index is -0.621. The Morgan fingerprint density at radius 1 is 0.578 bits per heavy atom. The van der Waals surface area contributed by atoms with Crippen molar-refractivity contribution in [1.82, 2.24) is 44.2 Å². The zero-order valence-corrected chi connectivity index (χ0v) is 36.0. The molecule has 4 aromatic rings. The first-order valence-electron chi connectivity index (χ1n) is 19.6. The van der Waals surface area contributed by atoms with Crippen LogP contribution in [0.5, 0.6) is 0 Å². The topological polar surface area (TPSA) is 336 Å². The van der Waals surface area contributed by atoms with Crippen molar-refractivity contribution in [1.29, 1.82) is 5.41 Å². The van der Waals surface area contributed by atoms with Gasteiger partial charge in [-0.3, -0.25) is 34.2 Å². The lowest BCUT2D eigenvalue weighted by molar-refractivity contribution is -0.126. The molecule has 6 amide bonds. The first-order chi connectivity index (χ1) is 30.5. The highest BCUT2D eigenvalue weighted by atomic mass is 16.5. The molecular weight excluding hydrogens is 843 g/mol. The number of ether oxygens (including phenoxy) is 4. The van der Waals surface area contributed by atoms with Crippen LogP contribution in [-0.4, -0.2) is 142 Å². The number of anilines is 4. The highest BCUT2D eigenvalue weighted by Gasteiger charge is 2.21. The Labute approximate surface area is 366 Å². The molecule has 0 aromatic carbocycles. The highest BCUT2D eigenvalue weighted by Crippen LogP contribution is 2.17. The van der Waals surface area contributed by atoms with Crippen LogP contribution < -0.4 is 43.0 Å². The number of esters is 1. The van der Waals surface area contributed by atoms with Crippen molar-refractivity contribution in [3.05, 3.63) is 60.0 Å². The van der Waals surface area contributed by atoms with Gasteiger partial charge in [-0.25, -0.2) is 14.8 Å². The minimum absolute atomic E-state index is 0.0111. The number of hydrogen-bond donors (Lipinski definition) is 9. The zero-order valence-electron chi connectivity index (χ0n) is 36.0. The number of nitrogens with one attached hydrogen (secondary N) is 8. The summed E-state index contributed by atoms with van der Waals surface area (Å²) in [4.78, 5) is 96.3. The Morgan fingerprint density at radius 2 is 1.06 bits per heavy atom. The molecule has 10 N–H and O–H groups in total. The number of hydrogen-bond acceptors (Lipinski definition) is 14. The first kappa shape index (κ1) is 49.1. The molecule has 346 valence electrons. The summed E-state index contributed by atoms with van der Waals surface area (Å²) in [5.74, 6) is -3.60. The smallest absolute Gasteiger partial charge is 0.354 e. The summed E-state index contributed by atoms with van der Waals surface area (Å²) >= 11 is 0. The van der Waals surface area contributed by atoms with Crippen molar-refractivity contribution in [2.75, 3.05) is 87.7 Å². The second kappa shape index (κ2) is 24.2. The zero-order chi connectivity index (χ0) is 46.8. The van der Waals surface area contributed by atoms with Gasteiger partial charge in [0.25, 0.3) is 17.7 Å². The van der Waals surface area contributed by atoms with Crippen molar-refractivity contribution in [3.8, 4) is 0 Å². The van der Waals surface area contributed by atoms with Crippen LogP contribution in [-0.2, 0) is 61.5 Å². The van der Waals surface area contributed by atoms with Gasteiger partial charge in [0.1, 0.15) is 18.0 Å². The van der Waals surface area contributed by atoms with E-state index in [2.05, 4.69) is 47.2 Å². The number of nitrogens with zero attached hydrogens (tertiary/aromatic N) is 6. The molecule has 0 radical (unpaired) electrons. The molecule has 4 rings (SSSR count). The summed E-state index contributed by atoms with van der Waals surface area (Å²) in [6, 6.07) is 2.89. The molecule has 26 nitrogen and oxygen atoms in total. The fourth-order valence-electron chi connectivity index (χ4n) is 5.67. The molecular formula is C38H53N15O11. The molecule has 0 saturated heterocycles. The van der Waals surface area contributed by atoms with E-state index >= 15 is 0 Å². The number of amides is 6. The van der Waals surface area contributed by atoms with E-state index in [-0.39, 0.29) is 92.1 Å². The number of guanidine groups is 1. The van der Waals surface area contributed by atoms with Gasteiger partial charge in [-0.2, -0.15) is 0 Å². The number of aromatic nitrogens is 6. The van der Waals surface area contributed by atoms with Gasteiger partial charge in [0.05, 0.1) is 51.5 Å². The number of carbonyl (C=O) groups is 7. The Morgan fingerprint density at radius 3 is 1.59 bits per heavy atom. The van der Waals surface area contributed by atoms with Gasteiger partial charge >= 0.3 is 5.97 Å². The van der Waals surface area contributed by atoms with E-state index in [1.54, 1.807) is 28.2 Å². The number of rotatable bonds is 25. The van der Waals surface area contributed by atoms with Gasteiger partial charge in [0.15, 0.2) is 17.6 Å². The predicted molar refractivity (Wildman–Crippen MR) is 229 cm³/mol. The van der Waals surface area contributed by atoms with Crippen LogP contribution in [0.15, 0.2) is 36.9 Å². The maximum atomic E-state index is 13.1. The third-order valence-corrected chi connectivity index (χ3v) is 8.70. The van der Waals surface area contributed by atoms with Crippen molar-refractivity contribution in [3.63, 3.8) is 0 Å². The fraction of sp³-hybridized carbons (Fsp3) is 0.421. The summed E-state index contributed by atoms with van der Waals surface area (Å²) in [5, 5.41) is 25.4. The molecule has 0 aliphatic carbocycles. The monoisotopic (exact) mass is 895 g/mol. The van der Waals surface area contributed by atoms with Crippen LogP contribution in [0.3, 0.4) is 0 Å². The summed E-state index contributed by atoms with van der Waals surface area (Å²) < 4.78 is 26.4. The van der Waals surface area contributed by atoms with Gasteiger partial charge in [-0.15, -0.1) is 0 Å². The quantitative estimate of drug-likeness (QED) is 0.0164. The maximum Gasteiger partial charge on any atom is 0.354 e. The second-order valence-corrected chi connectivity index (χ2v) is 13.8. The molecule has 26 heteroatoms. The number of nitrogens with two attached hydrogens (primary N) is 1. The van der Waals surface area contributed by atoms with E-state index in [4.69, 9.17) is 30.1 Å². The van der Waals surface area contributed by atoms with Crippen LogP contribution in [0.1, 0.15) is 55.1 Å². The lowest BCUT2D eigenvalue weighted by Crippen LogP contribution is -2.33. The van der Waals surface area contributed by atoms with Gasteiger partial charge in [-0.05, 0) is 12.1 Å². The van der Waals surface area contributed by atoms with E-state index in [1.807, 2.05) is 0 Å². The average Bonchev–Trinajstić information content (AvgIpc) is 4.00. The molecule has 4 aromatic heterocycles. The summed E-state index contributed by atoms with van der Waals surface area (Å²) in [6.07, 6.45) is 5.74. The van der Waals surface area contributed by atoms with Gasteiger partial charge < -0.3 is 80.2 Å². The fourth-order valence-corrected chi connectivity index (χ4v) is 5.67. The third kappa shape index (κ3) is 15.4. The van der Waals surface area contributed by atoms with Crippen molar-refractivity contribution >= 4 is 70.4 Å². The van der Waals surface area contributed by atoms with E-state index in [9.17, 15) is 33.6 Å². The Bertz CT molecular complexity index is 2310. The molecule has 0 fully saturated rings. The van der Waals surface area contributed by atoms with Crippen molar-refractivity contribution < 1.29 is 52.5 Å². The van der Waals surface area contributed by atoms with Crippen LogP contribution >= 0.6 is 0 Å². The number of aryl methyl sites for hydroxylation is 4. The number of methoxy groups -OCH3 is 1. The number of carbonyl (C=O) groups excluding carboxylic acids is 7. The maximum absolute atomic E-state index is 13.1. The lowest BCUT2D eigenvalue weighted by Gasteiger charge is -2.08. The van der Waals surface area contributed by atoms with Crippen LogP contribution in [0.25, 0.3) is 0 Å². The SMILES string of the molecule is COC(=O)c1cc(NC(=O)c2nc(NC(=O)CCNC(=O)c3cc(NC(=O)c4nc(NC(=O)CCNC(=O)COCCOCCOCCNC(=N)N)cn4C)cn3C)cn2C)cn1C. The van der Waals surface area contributed by atoms with Crippen molar-refractivity contribution in [2.45, 2.75) is 12.8 Å². The van der Waals surface area contributed by atoms with E-state index < -0.39 is 41.4 Å². The normalized spacial score (nSPS) is 10.8. The average molecular weight is 896 g/mol. The Hall–Kier alpha value is -7.58. The van der Waals surface area contributed by atoms with Crippen LogP contribution in [0, 0.1) is 5.41 Å². The van der Waals surface area contributed by atoms with Crippen LogP contribution in [0.4, 0.5) is 23.0 Å². The Balaban J connectivity index is 1.13. The second-order valence-electron chi connectivity index (χ2n) is 13.8. The lowest BCUT2D eigenvalue weighted by atomic mass is 10.3. The van der Waals surface area contributed by atoms with Gasteiger partial charge in [0.2, 0.25) is 29.4 Å². The Kier molecular flexibility index (Phi) is 18.5. The van der Waals surface area contributed by atoms with Crippen LogP contribution in [0.2, 0.25) is 0 Å². The molecule has 0 atom stereocenters. The molecule has 0 aliphatic rings. The first-order valence-corrected chi connectivity index (χ1v) is 19.6.